The minimum absolute atomic E-state index is 0.125. The average molecular weight is 279 g/mol. The summed E-state index contributed by atoms with van der Waals surface area (Å²) in [5, 5.41) is 0.754. The molecule has 18 heavy (non-hydrogen) atoms. The molecule has 0 saturated carbocycles. The van der Waals surface area contributed by atoms with Crippen molar-refractivity contribution in [2.24, 2.45) is 5.73 Å². The first-order valence-electron chi connectivity index (χ1n) is 5.77. The number of pyridine rings is 1. The first-order chi connectivity index (χ1) is 8.65. The van der Waals surface area contributed by atoms with Gasteiger partial charge in [0.25, 0.3) is 0 Å². The predicted molar refractivity (Wildman–Crippen MR) is 77.2 cm³/mol. The number of rotatable bonds is 4. The van der Waals surface area contributed by atoms with Gasteiger partial charge in [0.2, 0.25) is 0 Å². The molecule has 1 aromatic heterocycles. The summed E-state index contributed by atoms with van der Waals surface area (Å²) in [7, 11) is 0. The fourth-order valence-corrected chi connectivity index (χ4v) is 2.80. The molecule has 0 aliphatic heterocycles. The second-order valence-corrected chi connectivity index (χ2v) is 5.77. The van der Waals surface area contributed by atoms with Gasteiger partial charge in [-0.1, -0.05) is 23.4 Å². The van der Waals surface area contributed by atoms with Gasteiger partial charge in [0.05, 0.1) is 0 Å². The maximum Gasteiger partial charge on any atom is 0.0409 e. The predicted octanol–water partition coefficient (Wildman–Crippen LogP) is 3.78. The summed E-state index contributed by atoms with van der Waals surface area (Å²) in [5.41, 5.74) is 7.07. The van der Waals surface area contributed by atoms with Crippen LogP contribution in [0.15, 0.2) is 52.5 Å². The van der Waals surface area contributed by atoms with Crippen molar-refractivity contribution in [1.29, 1.82) is 0 Å². The third-order valence-corrected chi connectivity index (χ3v) is 3.80. The minimum Gasteiger partial charge on any atom is -0.328 e. The number of hydrogen-bond acceptors (Lipinski definition) is 3. The molecule has 1 atom stereocenters. The van der Waals surface area contributed by atoms with E-state index in [4.69, 9.17) is 17.3 Å². The molecule has 0 spiro atoms. The summed E-state index contributed by atoms with van der Waals surface area (Å²) >= 11 is 7.75. The highest BCUT2D eigenvalue weighted by molar-refractivity contribution is 7.99. The van der Waals surface area contributed by atoms with E-state index < -0.39 is 0 Å². The highest BCUT2D eigenvalue weighted by Crippen LogP contribution is 2.32. The Balaban J connectivity index is 2.26. The number of hydrogen-bond donors (Lipinski definition) is 1. The third kappa shape index (κ3) is 3.73. The Bertz CT molecular complexity index is 514. The second kappa shape index (κ2) is 6.23. The number of halogens is 1. The molecular formula is C14H15ClN2S. The third-order valence-electron chi connectivity index (χ3n) is 2.44. The topological polar surface area (TPSA) is 38.9 Å². The van der Waals surface area contributed by atoms with Gasteiger partial charge in [0, 0.05) is 33.2 Å². The molecule has 4 heteroatoms. The van der Waals surface area contributed by atoms with E-state index in [1.54, 1.807) is 24.2 Å². The van der Waals surface area contributed by atoms with Crippen LogP contribution in [0.25, 0.3) is 0 Å². The molecular weight excluding hydrogens is 264 g/mol. The van der Waals surface area contributed by atoms with Gasteiger partial charge in [0.1, 0.15) is 0 Å². The van der Waals surface area contributed by atoms with Crippen LogP contribution >= 0.6 is 23.4 Å². The van der Waals surface area contributed by atoms with Crippen LogP contribution in [0.2, 0.25) is 5.02 Å². The summed E-state index contributed by atoms with van der Waals surface area (Å²) in [6, 6.07) is 10.1. The SMILES string of the molecule is CC(N)Cc1cc(Cl)ccc1Sc1ccncc1. The van der Waals surface area contributed by atoms with Gasteiger partial charge in [0.15, 0.2) is 0 Å². The number of nitrogens with two attached hydrogens (primary N) is 1. The Kier molecular flexibility index (Phi) is 4.64. The maximum absolute atomic E-state index is 6.04. The molecule has 2 N–H and O–H groups in total. The Morgan fingerprint density at radius 3 is 2.67 bits per heavy atom. The first-order valence-corrected chi connectivity index (χ1v) is 6.96. The summed E-state index contributed by atoms with van der Waals surface area (Å²) in [5.74, 6) is 0. The van der Waals surface area contributed by atoms with Crippen LogP contribution in [0.5, 0.6) is 0 Å². The van der Waals surface area contributed by atoms with Crippen molar-refractivity contribution in [3.63, 3.8) is 0 Å². The Labute approximate surface area is 117 Å². The molecule has 0 aliphatic carbocycles. The van der Waals surface area contributed by atoms with Crippen molar-refractivity contribution in [3.05, 3.63) is 53.3 Å². The molecule has 2 rings (SSSR count). The van der Waals surface area contributed by atoms with E-state index in [1.807, 2.05) is 37.3 Å². The molecule has 0 saturated heterocycles. The van der Waals surface area contributed by atoms with Gasteiger partial charge in [-0.3, -0.25) is 4.98 Å². The van der Waals surface area contributed by atoms with E-state index >= 15 is 0 Å². The lowest BCUT2D eigenvalue weighted by atomic mass is 10.1. The molecule has 94 valence electrons. The monoisotopic (exact) mass is 278 g/mol. The van der Waals surface area contributed by atoms with Crippen molar-refractivity contribution in [3.8, 4) is 0 Å². The van der Waals surface area contributed by atoms with Gasteiger partial charge in [-0.05, 0) is 49.2 Å². The second-order valence-electron chi connectivity index (χ2n) is 4.22. The Hall–Kier alpha value is -1.03. The standard InChI is InChI=1S/C14H15ClN2S/c1-10(16)8-11-9-12(15)2-3-14(11)18-13-4-6-17-7-5-13/h2-7,9-10H,8,16H2,1H3. The number of benzene rings is 1. The zero-order valence-corrected chi connectivity index (χ0v) is 11.7. The van der Waals surface area contributed by atoms with Gasteiger partial charge < -0.3 is 5.73 Å². The van der Waals surface area contributed by atoms with Gasteiger partial charge >= 0.3 is 0 Å². The quantitative estimate of drug-likeness (QED) is 0.925. The van der Waals surface area contributed by atoms with E-state index in [0.29, 0.717) is 0 Å². The highest BCUT2D eigenvalue weighted by Gasteiger charge is 2.07. The lowest BCUT2D eigenvalue weighted by molar-refractivity contribution is 0.729. The van der Waals surface area contributed by atoms with Crippen molar-refractivity contribution in [2.45, 2.75) is 29.2 Å². The number of aromatic nitrogens is 1. The molecule has 1 unspecified atom stereocenters. The highest BCUT2D eigenvalue weighted by atomic mass is 35.5. The van der Waals surface area contributed by atoms with Crippen LogP contribution in [0.4, 0.5) is 0 Å². The smallest absolute Gasteiger partial charge is 0.0409 e. The normalized spacial score (nSPS) is 12.4. The van der Waals surface area contributed by atoms with E-state index in [0.717, 1.165) is 11.4 Å². The molecule has 0 bridgehead atoms. The fraction of sp³-hybridized carbons (Fsp3) is 0.214. The summed E-state index contributed by atoms with van der Waals surface area (Å²) in [4.78, 5) is 6.38. The van der Waals surface area contributed by atoms with Crippen LogP contribution in [0.1, 0.15) is 12.5 Å². The van der Waals surface area contributed by atoms with Crippen LogP contribution in [0.3, 0.4) is 0 Å². The van der Waals surface area contributed by atoms with Crippen molar-refractivity contribution >= 4 is 23.4 Å². The Morgan fingerprint density at radius 1 is 1.28 bits per heavy atom. The lowest BCUT2D eigenvalue weighted by Gasteiger charge is -2.11. The summed E-state index contributed by atoms with van der Waals surface area (Å²) < 4.78 is 0. The van der Waals surface area contributed by atoms with Crippen LogP contribution < -0.4 is 5.73 Å². The van der Waals surface area contributed by atoms with Gasteiger partial charge in [-0.15, -0.1) is 0 Å². The molecule has 2 aromatic rings. The van der Waals surface area contributed by atoms with E-state index in [1.165, 1.54) is 15.4 Å². The van der Waals surface area contributed by atoms with E-state index in [2.05, 4.69) is 4.98 Å². The average Bonchev–Trinajstić information content (AvgIpc) is 2.33. The number of nitrogens with zero attached hydrogens (tertiary/aromatic N) is 1. The van der Waals surface area contributed by atoms with Crippen LogP contribution in [0, 0.1) is 0 Å². The van der Waals surface area contributed by atoms with Crippen LogP contribution in [-0.2, 0) is 6.42 Å². The molecule has 0 amide bonds. The molecule has 0 aliphatic rings. The van der Waals surface area contributed by atoms with Crippen molar-refractivity contribution in [1.82, 2.24) is 4.98 Å². The van der Waals surface area contributed by atoms with E-state index in [9.17, 15) is 0 Å². The zero-order valence-electron chi connectivity index (χ0n) is 10.1. The van der Waals surface area contributed by atoms with Crippen molar-refractivity contribution < 1.29 is 0 Å². The molecule has 1 aromatic carbocycles. The summed E-state index contributed by atoms with van der Waals surface area (Å²) in [6.45, 7) is 2.00. The molecule has 1 heterocycles. The molecule has 0 radical (unpaired) electrons. The lowest BCUT2D eigenvalue weighted by Crippen LogP contribution is -2.18. The van der Waals surface area contributed by atoms with Crippen LogP contribution in [-0.4, -0.2) is 11.0 Å². The maximum atomic E-state index is 6.04. The fourth-order valence-electron chi connectivity index (χ4n) is 1.69. The zero-order chi connectivity index (χ0) is 13.0. The summed E-state index contributed by atoms with van der Waals surface area (Å²) in [6.07, 6.45) is 4.42. The largest absolute Gasteiger partial charge is 0.328 e. The van der Waals surface area contributed by atoms with E-state index in [-0.39, 0.29) is 6.04 Å². The van der Waals surface area contributed by atoms with Gasteiger partial charge in [-0.2, -0.15) is 0 Å². The minimum atomic E-state index is 0.125. The molecule has 2 nitrogen and oxygen atoms in total. The molecule has 0 fully saturated rings. The Morgan fingerprint density at radius 2 is 2.00 bits per heavy atom. The first kappa shape index (κ1) is 13.4. The van der Waals surface area contributed by atoms with Gasteiger partial charge in [-0.25, -0.2) is 0 Å². The van der Waals surface area contributed by atoms with Crippen molar-refractivity contribution in [2.75, 3.05) is 0 Å².